The van der Waals surface area contributed by atoms with Crippen LogP contribution in [0.2, 0.25) is 0 Å². The number of nitrogens with zero attached hydrogens (tertiary/aromatic N) is 1. The molecule has 0 aliphatic heterocycles. The van der Waals surface area contributed by atoms with E-state index in [9.17, 15) is 4.79 Å². The quantitative estimate of drug-likeness (QED) is 0.575. The number of carbonyl (C=O) groups is 1. The summed E-state index contributed by atoms with van der Waals surface area (Å²) in [7, 11) is 0. The molecule has 4 aliphatic carbocycles. The van der Waals surface area contributed by atoms with Crippen molar-refractivity contribution in [3.05, 3.63) is 18.2 Å². The first-order chi connectivity index (χ1) is 9.79. The number of hydrogen-bond acceptors (Lipinski definition) is 3. The van der Waals surface area contributed by atoms with Crippen LogP contribution in [-0.4, -0.2) is 22.3 Å². The number of hydrogen-bond donors (Lipinski definition) is 2. The van der Waals surface area contributed by atoms with Crippen LogP contribution in [0, 0.1) is 35.5 Å². The molecule has 5 rings (SSSR count). The first kappa shape index (κ1) is 32.4. The smallest absolute Gasteiger partial charge is 0.137 e. The van der Waals surface area contributed by atoms with Crippen molar-refractivity contribution >= 4 is 6.29 Å². The maximum atomic E-state index is 10.1. The maximum absolute atomic E-state index is 10.1. The molecule has 1 aromatic rings. The number of aldehydes is 1. The third-order valence-electron chi connectivity index (χ3n) is 6.37. The molecule has 5 atom stereocenters. The van der Waals surface area contributed by atoms with E-state index in [2.05, 4.69) is 9.97 Å². The zero-order valence-corrected chi connectivity index (χ0v) is 21.0. The van der Waals surface area contributed by atoms with E-state index in [0.717, 1.165) is 12.0 Å². The van der Waals surface area contributed by atoms with Crippen molar-refractivity contribution in [2.24, 2.45) is 41.2 Å². The number of carbonyl (C=O) groups excluding carboxylic acids is 1. The van der Waals surface area contributed by atoms with Crippen LogP contribution >= 0.6 is 0 Å². The SMILES string of the molecule is C.C1CC2C1C1C3CCC3C21.N[C@@H](C=O)Cc1cnc[nH]1.[V].[V].[V].[V].[V]. The molecular weight excluding hydrogens is 517 g/mol. The molecule has 4 fully saturated rings. The van der Waals surface area contributed by atoms with Crippen LogP contribution < -0.4 is 5.73 Å². The third-order valence-corrected chi connectivity index (χ3v) is 6.37. The number of aromatic nitrogens is 2. The summed E-state index contributed by atoms with van der Waals surface area (Å²) in [6.45, 7) is 0. The Kier molecular flexibility index (Phi) is 17.3. The van der Waals surface area contributed by atoms with Crippen LogP contribution in [0.15, 0.2) is 12.5 Å². The number of fused-ring (bicyclic) bond motifs is 7. The summed E-state index contributed by atoms with van der Waals surface area (Å²) in [5.41, 5.74) is 6.24. The van der Waals surface area contributed by atoms with Gasteiger partial charge in [-0.15, -0.1) is 0 Å². The molecule has 9 heteroatoms. The average Bonchev–Trinajstić information content (AvgIpc) is 2.89. The minimum atomic E-state index is -0.416. The van der Waals surface area contributed by atoms with Gasteiger partial charge in [0.2, 0.25) is 0 Å². The van der Waals surface area contributed by atoms with Gasteiger partial charge in [-0.2, -0.15) is 0 Å². The zero-order chi connectivity index (χ0) is 13.7. The topological polar surface area (TPSA) is 71.8 Å². The monoisotopic (exact) mass is 544 g/mol. The summed E-state index contributed by atoms with van der Waals surface area (Å²) in [4.78, 5) is 16.7. The van der Waals surface area contributed by atoms with Gasteiger partial charge >= 0.3 is 0 Å². The van der Waals surface area contributed by atoms with Crippen LogP contribution in [-0.2, 0) is 104 Å². The Morgan fingerprint density at radius 3 is 1.69 bits per heavy atom. The standard InChI is InChI=1S/C10H14.C6H9N3O.CH4.5V/c1-2-6-5(1)9-7-3-4-8(7)10(6)9;7-5(3-10)1-6-2-8-4-9-6;;;;;;/h5-10H,1-4H2;2-5H,1,7H2,(H,8,9);1H4;;;;;/t;5-;;;;;;/m.1....../s1. The second-order valence-electron chi connectivity index (χ2n) is 7.05. The van der Waals surface area contributed by atoms with Gasteiger partial charge < -0.3 is 15.5 Å². The van der Waals surface area contributed by atoms with Gasteiger partial charge in [-0.1, -0.05) is 7.43 Å². The number of aromatic amines is 1. The van der Waals surface area contributed by atoms with Gasteiger partial charge in [0.05, 0.1) is 12.4 Å². The largest absolute Gasteiger partial charge is 0.348 e. The second-order valence-corrected chi connectivity index (χ2v) is 7.05. The van der Waals surface area contributed by atoms with E-state index in [-0.39, 0.29) is 100 Å². The Labute approximate surface area is 216 Å². The van der Waals surface area contributed by atoms with Crippen molar-refractivity contribution in [3.8, 4) is 0 Å². The molecule has 4 nitrogen and oxygen atoms in total. The Morgan fingerprint density at radius 1 is 1.00 bits per heavy atom. The number of imidazole rings is 1. The molecule has 1 heterocycles. The fraction of sp³-hybridized carbons (Fsp3) is 0.765. The molecule has 4 unspecified atom stereocenters. The van der Waals surface area contributed by atoms with Crippen LogP contribution in [0.5, 0.6) is 0 Å². The van der Waals surface area contributed by atoms with E-state index in [1.807, 2.05) is 0 Å². The summed E-state index contributed by atoms with van der Waals surface area (Å²) in [5, 5.41) is 0. The summed E-state index contributed by atoms with van der Waals surface area (Å²) in [6.07, 6.45) is 10.9. The molecule has 0 aromatic carbocycles. The number of nitrogens with two attached hydrogens (primary N) is 1. The first-order valence-electron chi connectivity index (χ1n) is 7.97. The fourth-order valence-electron chi connectivity index (χ4n) is 5.20. The molecule has 1 aromatic heterocycles. The van der Waals surface area contributed by atoms with Crippen LogP contribution in [0.4, 0.5) is 0 Å². The van der Waals surface area contributed by atoms with Crippen molar-refractivity contribution in [2.45, 2.75) is 45.6 Å². The van der Waals surface area contributed by atoms with Gasteiger partial charge in [0.1, 0.15) is 6.29 Å². The second kappa shape index (κ2) is 13.9. The van der Waals surface area contributed by atoms with Gasteiger partial charge in [-0.25, -0.2) is 4.98 Å². The molecule has 26 heavy (non-hydrogen) atoms. The summed E-state index contributed by atoms with van der Waals surface area (Å²) >= 11 is 0. The van der Waals surface area contributed by atoms with Gasteiger partial charge in [0.15, 0.2) is 0 Å². The molecule has 141 valence electrons. The van der Waals surface area contributed by atoms with E-state index >= 15 is 0 Å². The molecule has 4 aliphatic rings. The Bertz CT molecular complexity index is 463. The minimum absolute atomic E-state index is 0. The number of rotatable bonds is 3. The molecule has 0 bridgehead atoms. The van der Waals surface area contributed by atoms with Crippen molar-refractivity contribution < 1.29 is 97.6 Å². The average molecular weight is 544 g/mol. The fourth-order valence-corrected chi connectivity index (χ4v) is 5.20. The van der Waals surface area contributed by atoms with Gasteiger partial charge in [-0.3, -0.25) is 0 Å². The Balaban J connectivity index is -0.000000331. The number of H-pyrrole nitrogens is 1. The summed E-state index contributed by atoms with van der Waals surface area (Å²) in [5.74, 6) is 7.58. The summed E-state index contributed by atoms with van der Waals surface area (Å²) < 4.78 is 0. The van der Waals surface area contributed by atoms with Crippen LogP contribution in [0.25, 0.3) is 0 Å². The van der Waals surface area contributed by atoms with E-state index in [4.69, 9.17) is 5.73 Å². The zero-order valence-electron chi connectivity index (χ0n) is 14.0. The van der Waals surface area contributed by atoms with Crippen molar-refractivity contribution in [1.29, 1.82) is 0 Å². The van der Waals surface area contributed by atoms with E-state index in [1.54, 1.807) is 38.2 Å². The predicted octanol–water partition coefficient (Wildman–Crippen LogP) is 2.40. The van der Waals surface area contributed by atoms with Crippen molar-refractivity contribution in [2.75, 3.05) is 0 Å². The first-order valence-corrected chi connectivity index (χ1v) is 7.97. The Hall–Kier alpha value is 1.76. The van der Waals surface area contributed by atoms with Crippen molar-refractivity contribution in [1.82, 2.24) is 9.97 Å². The van der Waals surface area contributed by atoms with Crippen LogP contribution in [0.3, 0.4) is 0 Å². The van der Waals surface area contributed by atoms with E-state index < -0.39 is 6.04 Å². The van der Waals surface area contributed by atoms with Gasteiger partial charge in [0.25, 0.3) is 0 Å². The van der Waals surface area contributed by atoms with Crippen LogP contribution in [0.1, 0.15) is 38.8 Å². The third kappa shape index (κ3) is 5.67. The maximum Gasteiger partial charge on any atom is 0.137 e. The molecular formula is C17H27N3OV5. The molecule has 0 spiro atoms. The van der Waals surface area contributed by atoms with E-state index in [1.165, 1.54) is 35.5 Å². The number of nitrogens with one attached hydrogen (secondary N) is 1. The van der Waals surface area contributed by atoms with Gasteiger partial charge in [-0.05, 0) is 61.2 Å². The molecule has 3 N–H and O–H groups in total. The predicted molar refractivity (Wildman–Crippen MR) is 82.5 cm³/mol. The summed E-state index contributed by atoms with van der Waals surface area (Å²) in [6, 6.07) is -0.416. The normalized spacial score (nSPS) is 33.6. The van der Waals surface area contributed by atoms with E-state index in [0.29, 0.717) is 6.42 Å². The molecule has 0 amide bonds. The molecule has 4 saturated carbocycles. The molecule has 0 saturated heterocycles. The molecule has 5 radical (unpaired) electrons. The Morgan fingerprint density at radius 2 is 1.42 bits per heavy atom. The van der Waals surface area contributed by atoms with Crippen molar-refractivity contribution in [3.63, 3.8) is 0 Å². The minimum Gasteiger partial charge on any atom is -0.348 e. The van der Waals surface area contributed by atoms with Gasteiger partial charge in [0, 0.05) is 111 Å².